The molecule has 2 aliphatic rings. The van der Waals surface area contributed by atoms with Crippen molar-refractivity contribution in [2.45, 2.75) is 62.6 Å². The van der Waals surface area contributed by atoms with Crippen molar-refractivity contribution >= 4 is 11.9 Å². The maximum absolute atomic E-state index is 10.5. The fourth-order valence-corrected chi connectivity index (χ4v) is 3.85. The topological polar surface area (TPSA) is 148 Å². The summed E-state index contributed by atoms with van der Waals surface area (Å²) in [5, 5.41) is 49.2. The van der Waals surface area contributed by atoms with Crippen LogP contribution >= 0.6 is 0 Å². The number of aliphatic carboxylic acids is 1. The van der Waals surface area contributed by atoms with E-state index in [0.29, 0.717) is 18.7 Å². The Bertz CT molecular complexity index is 684. The number of aliphatic hydroxyl groups is 4. The van der Waals surface area contributed by atoms with Gasteiger partial charge in [0.1, 0.15) is 17.5 Å². The lowest BCUT2D eigenvalue weighted by Crippen LogP contribution is -2.68. The highest BCUT2D eigenvalue weighted by molar-refractivity contribution is 5.69. The Kier molecular flexibility index (Phi) is 8.12. The zero-order valence-electron chi connectivity index (χ0n) is 16.3. The van der Waals surface area contributed by atoms with Gasteiger partial charge in [0.2, 0.25) is 0 Å². The van der Waals surface area contributed by atoms with Gasteiger partial charge in [-0.2, -0.15) is 0 Å². The van der Waals surface area contributed by atoms with Gasteiger partial charge in [-0.1, -0.05) is 18.2 Å². The molecule has 2 saturated heterocycles. The molecule has 162 valence electrons. The monoisotopic (exact) mass is 411 g/mol. The molecule has 1 aromatic carbocycles. The van der Waals surface area contributed by atoms with Gasteiger partial charge in [-0.25, -0.2) is 0 Å². The molecule has 0 spiro atoms. The number of carbonyl (C=O) groups is 2. The second kappa shape index (κ2) is 10.1. The van der Waals surface area contributed by atoms with E-state index < -0.39 is 35.9 Å². The fraction of sp³-hybridized carbons (Fsp3) is 0.600. The third-order valence-corrected chi connectivity index (χ3v) is 5.32. The van der Waals surface area contributed by atoms with Crippen molar-refractivity contribution in [2.24, 2.45) is 0 Å². The summed E-state index contributed by atoms with van der Waals surface area (Å²) >= 11 is 0. The van der Waals surface area contributed by atoms with Crippen LogP contribution in [0.4, 0.5) is 0 Å². The van der Waals surface area contributed by atoms with Crippen LogP contribution in [-0.2, 0) is 9.59 Å². The number of fused-ring (bicyclic) bond motifs is 1. The number of esters is 1. The zero-order chi connectivity index (χ0) is 21.6. The summed E-state index contributed by atoms with van der Waals surface area (Å²) < 4.78 is 4.78. The van der Waals surface area contributed by atoms with Crippen molar-refractivity contribution in [1.29, 1.82) is 0 Å². The maximum Gasteiger partial charge on any atom is 0.308 e. The number of carbonyl (C=O) groups excluding carboxylic acids is 1. The minimum Gasteiger partial charge on any atom is -0.481 e. The van der Waals surface area contributed by atoms with E-state index in [1.165, 1.54) is 6.92 Å². The third kappa shape index (κ3) is 5.97. The second-order valence-electron chi connectivity index (χ2n) is 7.45. The van der Waals surface area contributed by atoms with E-state index in [2.05, 4.69) is 0 Å². The largest absolute Gasteiger partial charge is 0.481 e. The number of piperidine rings is 1. The summed E-state index contributed by atoms with van der Waals surface area (Å²) in [7, 11) is 0. The predicted octanol–water partition coefficient (Wildman–Crippen LogP) is -0.245. The van der Waals surface area contributed by atoms with Crippen LogP contribution in [0.5, 0.6) is 5.75 Å². The molecule has 5 atom stereocenters. The molecule has 0 bridgehead atoms. The van der Waals surface area contributed by atoms with E-state index in [1.54, 1.807) is 17.0 Å². The molecule has 9 heteroatoms. The van der Waals surface area contributed by atoms with Crippen molar-refractivity contribution in [3.05, 3.63) is 30.3 Å². The van der Waals surface area contributed by atoms with E-state index in [-0.39, 0.29) is 31.8 Å². The summed E-state index contributed by atoms with van der Waals surface area (Å²) in [4.78, 5) is 22.6. The Morgan fingerprint density at radius 2 is 1.86 bits per heavy atom. The van der Waals surface area contributed by atoms with Crippen LogP contribution in [-0.4, -0.2) is 85.4 Å². The van der Waals surface area contributed by atoms with Crippen LogP contribution in [0.1, 0.15) is 32.6 Å². The predicted molar refractivity (Wildman–Crippen MR) is 102 cm³/mol. The molecule has 2 aliphatic heterocycles. The van der Waals surface area contributed by atoms with Gasteiger partial charge in [-0.05, 0) is 31.4 Å². The Balaban J connectivity index is 0.000000253. The summed E-state index contributed by atoms with van der Waals surface area (Å²) in [6.07, 6.45) is -2.60. The molecule has 0 aliphatic carbocycles. The molecule has 9 nitrogen and oxygen atoms in total. The van der Waals surface area contributed by atoms with Gasteiger partial charge in [0, 0.05) is 26.4 Å². The number of ether oxygens (including phenoxy) is 1. The Morgan fingerprint density at radius 1 is 1.21 bits per heavy atom. The van der Waals surface area contributed by atoms with Crippen LogP contribution in [0.2, 0.25) is 0 Å². The molecule has 1 aromatic rings. The highest BCUT2D eigenvalue weighted by atomic mass is 16.5. The number of hydrogen-bond acceptors (Lipinski definition) is 8. The third-order valence-electron chi connectivity index (χ3n) is 5.32. The Labute approximate surface area is 169 Å². The molecule has 5 N–H and O–H groups in total. The molecule has 0 aromatic heterocycles. The van der Waals surface area contributed by atoms with E-state index in [0.717, 1.165) is 0 Å². The van der Waals surface area contributed by atoms with Crippen LogP contribution in [0, 0.1) is 0 Å². The SMILES string of the molecule is CC(=O)Oc1ccccc1.O=C(O)CCC[C@]1(O)[C@H](O)[C@H]2[C@@H](O)CCN2C[C@@H]1O. The molecule has 0 saturated carbocycles. The number of rotatable bonds is 5. The highest BCUT2D eigenvalue weighted by Crippen LogP contribution is 2.36. The van der Waals surface area contributed by atoms with Gasteiger partial charge in [0.25, 0.3) is 0 Å². The molecule has 2 heterocycles. The first-order valence-corrected chi connectivity index (χ1v) is 9.61. The first kappa shape index (κ1) is 23.2. The van der Waals surface area contributed by atoms with Crippen molar-refractivity contribution < 1.29 is 39.9 Å². The van der Waals surface area contributed by atoms with Gasteiger partial charge in [-0.15, -0.1) is 0 Å². The minimum absolute atomic E-state index is 0.00130. The van der Waals surface area contributed by atoms with E-state index in [1.807, 2.05) is 18.2 Å². The number of aliphatic hydroxyl groups excluding tert-OH is 3. The summed E-state index contributed by atoms with van der Waals surface area (Å²) in [6, 6.07) is 8.39. The standard InChI is InChI=1S/C12H21NO6.C8H8O2/c14-7-3-5-13-6-8(15)12(19,11(18)10(7)13)4-1-2-9(16)17;1-7(9)10-8-5-3-2-4-6-8/h7-8,10-11,14-15,18-19H,1-6H2,(H,16,17);2-6H,1H3/t7-,8-,10+,11+,12+;/m0./s1. The van der Waals surface area contributed by atoms with Crippen molar-refractivity contribution in [1.82, 2.24) is 4.90 Å². The minimum atomic E-state index is -1.75. The first-order valence-electron chi connectivity index (χ1n) is 9.61. The molecule has 2 fully saturated rings. The van der Waals surface area contributed by atoms with Crippen LogP contribution in [0.15, 0.2) is 30.3 Å². The molecule has 3 rings (SSSR count). The van der Waals surface area contributed by atoms with Gasteiger partial charge in [0.05, 0.1) is 18.2 Å². The average molecular weight is 411 g/mol. The average Bonchev–Trinajstić information content (AvgIpc) is 3.01. The number of carboxylic acid groups (broad SMARTS) is 1. The van der Waals surface area contributed by atoms with Gasteiger partial charge < -0.3 is 30.3 Å². The fourth-order valence-electron chi connectivity index (χ4n) is 3.85. The lowest BCUT2D eigenvalue weighted by atomic mass is 9.77. The highest BCUT2D eigenvalue weighted by Gasteiger charge is 2.55. The molecule has 0 unspecified atom stereocenters. The summed E-state index contributed by atoms with van der Waals surface area (Å²) in [5.74, 6) is -0.674. The lowest BCUT2D eigenvalue weighted by molar-refractivity contribution is -0.209. The van der Waals surface area contributed by atoms with Gasteiger partial charge in [0.15, 0.2) is 0 Å². The van der Waals surface area contributed by atoms with E-state index in [9.17, 15) is 30.0 Å². The normalized spacial score (nSPS) is 31.3. The second-order valence-corrected chi connectivity index (χ2v) is 7.45. The molecular weight excluding hydrogens is 382 g/mol. The van der Waals surface area contributed by atoms with Crippen molar-refractivity contribution in [3.63, 3.8) is 0 Å². The van der Waals surface area contributed by atoms with E-state index in [4.69, 9.17) is 9.84 Å². The number of benzene rings is 1. The Morgan fingerprint density at radius 3 is 2.45 bits per heavy atom. The van der Waals surface area contributed by atoms with Crippen LogP contribution < -0.4 is 4.74 Å². The molecule has 0 radical (unpaired) electrons. The quantitative estimate of drug-likeness (QED) is 0.327. The number of carboxylic acids is 1. The maximum atomic E-state index is 10.5. The Hall–Kier alpha value is -2.04. The molecule has 0 amide bonds. The first-order chi connectivity index (χ1) is 13.6. The zero-order valence-corrected chi connectivity index (χ0v) is 16.3. The van der Waals surface area contributed by atoms with Gasteiger partial charge >= 0.3 is 11.9 Å². The molecule has 29 heavy (non-hydrogen) atoms. The lowest BCUT2D eigenvalue weighted by Gasteiger charge is -2.48. The smallest absolute Gasteiger partial charge is 0.308 e. The van der Waals surface area contributed by atoms with Crippen molar-refractivity contribution in [2.75, 3.05) is 13.1 Å². The summed E-state index contributed by atoms with van der Waals surface area (Å²) in [6.45, 7) is 2.14. The molecular formula is C20H29NO8. The van der Waals surface area contributed by atoms with Crippen LogP contribution in [0.25, 0.3) is 0 Å². The van der Waals surface area contributed by atoms with E-state index >= 15 is 0 Å². The summed E-state index contributed by atoms with van der Waals surface area (Å²) in [5.41, 5.74) is -1.75. The van der Waals surface area contributed by atoms with Gasteiger partial charge in [-0.3, -0.25) is 14.5 Å². The van der Waals surface area contributed by atoms with Crippen molar-refractivity contribution in [3.8, 4) is 5.75 Å². The number of para-hydroxylation sites is 1. The van der Waals surface area contributed by atoms with Crippen LogP contribution in [0.3, 0.4) is 0 Å². The number of hydrogen-bond donors (Lipinski definition) is 5. The number of nitrogens with zero attached hydrogens (tertiary/aromatic N) is 1.